The number of rotatable bonds is 5. The zero-order chi connectivity index (χ0) is 13.8. The Morgan fingerprint density at radius 2 is 2.16 bits per heavy atom. The highest BCUT2D eigenvalue weighted by Gasteiger charge is 2.13. The van der Waals surface area contributed by atoms with Crippen LogP contribution in [0.2, 0.25) is 10.0 Å². The molecule has 1 aromatic carbocycles. The van der Waals surface area contributed by atoms with E-state index in [4.69, 9.17) is 29.0 Å². The van der Waals surface area contributed by atoms with Crippen LogP contribution in [0.1, 0.15) is 16.3 Å². The molecule has 0 aliphatic rings. The van der Waals surface area contributed by atoms with Crippen molar-refractivity contribution in [3.8, 4) is 0 Å². The number of nitrogens with zero attached hydrogens (tertiary/aromatic N) is 1. The summed E-state index contributed by atoms with van der Waals surface area (Å²) in [5.74, 6) is 5.61. The number of benzene rings is 1. The van der Waals surface area contributed by atoms with Crippen molar-refractivity contribution in [3.05, 3.63) is 49.9 Å². The molecule has 102 valence electrons. The Kier molecular flexibility index (Phi) is 5.19. The summed E-state index contributed by atoms with van der Waals surface area (Å²) in [6.45, 7) is 2.00. The summed E-state index contributed by atoms with van der Waals surface area (Å²) in [5, 5.41) is 4.43. The number of halogens is 2. The van der Waals surface area contributed by atoms with Gasteiger partial charge in [0.15, 0.2) is 0 Å². The molecule has 0 fully saturated rings. The summed E-state index contributed by atoms with van der Waals surface area (Å²) in [4.78, 5) is 4.45. The molecule has 6 heteroatoms. The Morgan fingerprint density at radius 3 is 2.74 bits per heavy atom. The third kappa shape index (κ3) is 4.16. The average molecular weight is 316 g/mol. The first-order chi connectivity index (χ1) is 9.08. The number of hydrogen-bond acceptors (Lipinski definition) is 4. The summed E-state index contributed by atoms with van der Waals surface area (Å²) in [6, 6.07) is 5.61. The van der Waals surface area contributed by atoms with Gasteiger partial charge in [-0.25, -0.2) is 4.98 Å². The molecule has 2 aromatic rings. The van der Waals surface area contributed by atoms with E-state index in [0.29, 0.717) is 10.0 Å². The maximum absolute atomic E-state index is 6.17. The lowest BCUT2D eigenvalue weighted by Crippen LogP contribution is -2.38. The zero-order valence-electron chi connectivity index (χ0n) is 10.5. The molecule has 19 heavy (non-hydrogen) atoms. The molecule has 0 amide bonds. The smallest absolute Gasteiger partial charge is 0.0897 e. The van der Waals surface area contributed by atoms with E-state index in [1.54, 1.807) is 17.4 Å². The minimum Gasteiger partial charge on any atom is -0.271 e. The summed E-state index contributed by atoms with van der Waals surface area (Å²) >= 11 is 13.7. The molecular weight excluding hydrogens is 301 g/mol. The molecule has 1 aromatic heterocycles. The van der Waals surface area contributed by atoms with Gasteiger partial charge in [0.25, 0.3) is 0 Å². The molecule has 0 aliphatic carbocycles. The van der Waals surface area contributed by atoms with Crippen LogP contribution in [0.3, 0.4) is 0 Å². The minimum atomic E-state index is 0.0974. The molecule has 0 spiro atoms. The first-order valence-electron chi connectivity index (χ1n) is 5.89. The van der Waals surface area contributed by atoms with Gasteiger partial charge in [0.2, 0.25) is 0 Å². The second-order valence-electron chi connectivity index (χ2n) is 4.37. The Balaban J connectivity index is 2.06. The van der Waals surface area contributed by atoms with Gasteiger partial charge < -0.3 is 0 Å². The van der Waals surface area contributed by atoms with Gasteiger partial charge in [0.05, 0.1) is 10.7 Å². The maximum Gasteiger partial charge on any atom is 0.0897 e. The predicted molar refractivity (Wildman–Crippen MR) is 81.8 cm³/mol. The van der Waals surface area contributed by atoms with Crippen molar-refractivity contribution in [1.82, 2.24) is 10.4 Å². The van der Waals surface area contributed by atoms with Crippen LogP contribution in [0, 0.1) is 6.92 Å². The highest BCUT2D eigenvalue weighted by Crippen LogP contribution is 2.22. The minimum absolute atomic E-state index is 0.0974. The highest BCUT2D eigenvalue weighted by molar-refractivity contribution is 7.09. The molecule has 1 heterocycles. The van der Waals surface area contributed by atoms with E-state index >= 15 is 0 Å². The molecular formula is C13H15Cl2N3S. The highest BCUT2D eigenvalue weighted by atomic mass is 35.5. The van der Waals surface area contributed by atoms with Crippen LogP contribution in [-0.4, -0.2) is 11.0 Å². The van der Waals surface area contributed by atoms with Gasteiger partial charge in [0.1, 0.15) is 0 Å². The number of thiazole rings is 1. The second-order valence-corrected chi connectivity index (χ2v) is 6.27. The lowest BCUT2D eigenvalue weighted by atomic mass is 10.0. The van der Waals surface area contributed by atoms with Crippen LogP contribution in [-0.2, 0) is 12.8 Å². The van der Waals surface area contributed by atoms with E-state index in [9.17, 15) is 0 Å². The van der Waals surface area contributed by atoms with Gasteiger partial charge in [-0.2, -0.15) is 0 Å². The normalized spacial score (nSPS) is 12.6. The fraction of sp³-hybridized carbons (Fsp3) is 0.308. The van der Waals surface area contributed by atoms with Gasteiger partial charge in [0, 0.05) is 27.9 Å². The van der Waals surface area contributed by atoms with Crippen LogP contribution in [0.15, 0.2) is 23.6 Å². The van der Waals surface area contributed by atoms with E-state index in [-0.39, 0.29) is 6.04 Å². The lowest BCUT2D eigenvalue weighted by Gasteiger charge is -2.15. The summed E-state index contributed by atoms with van der Waals surface area (Å²) in [7, 11) is 0. The number of hydrazine groups is 1. The molecule has 0 aliphatic heterocycles. The van der Waals surface area contributed by atoms with Crippen molar-refractivity contribution in [1.29, 1.82) is 0 Å². The first-order valence-corrected chi connectivity index (χ1v) is 7.53. The molecule has 0 bridgehead atoms. The van der Waals surface area contributed by atoms with Crippen molar-refractivity contribution in [3.63, 3.8) is 0 Å². The third-order valence-corrected chi connectivity index (χ3v) is 4.25. The average Bonchev–Trinajstić information content (AvgIpc) is 2.77. The molecule has 1 unspecified atom stereocenters. The number of hydrogen-bond donors (Lipinski definition) is 2. The number of nitrogens with two attached hydrogens (primary N) is 1. The van der Waals surface area contributed by atoms with Crippen LogP contribution in [0.25, 0.3) is 0 Å². The van der Waals surface area contributed by atoms with Crippen molar-refractivity contribution in [2.45, 2.75) is 25.8 Å². The summed E-state index contributed by atoms with van der Waals surface area (Å²) in [6.07, 6.45) is 1.52. The Bertz CT molecular complexity index is 557. The maximum atomic E-state index is 6.17. The largest absolute Gasteiger partial charge is 0.271 e. The van der Waals surface area contributed by atoms with Crippen molar-refractivity contribution < 1.29 is 0 Å². The van der Waals surface area contributed by atoms with Crippen molar-refractivity contribution in [2.75, 3.05) is 0 Å². The Hall–Kier alpha value is -0.650. The van der Waals surface area contributed by atoms with Crippen LogP contribution in [0.4, 0.5) is 0 Å². The lowest BCUT2D eigenvalue weighted by molar-refractivity contribution is 0.518. The van der Waals surface area contributed by atoms with E-state index < -0.39 is 0 Å². The quantitative estimate of drug-likeness (QED) is 0.657. The summed E-state index contributed by atoms with van der Waals surface area (Å²) in [5.41, 5.74) is 4.90. The van der Waals surface area contributed by atoms with Crippen molar-refractivity contribution >= 4 is 34.5 Å². The van der Waals surface area contributed by atoms with Gasteiger partial charge in [-0.05, 0) is 31.0 Å². The monoisotopic (exact) mass is 315 g/mol. The number of aryl methyl sites for hydroxylation is 1. The van der Waals surface area contributed by atoms with Crippen LogP contribution in [0.5, 0.6) is 0 Å². The molecule has 0 saturated carbocycles. The van der Waals surface area contributed by atoms with E-state index in [1.165, 1.54) is 0 Å². The third-order valence-electron chi connectivity index (χ3n) is 2.84. The van der Waals surface area contributed by atoms with Gasteiger partial charge in [-0.1, -0.05) is 29.3 Å². The molecule has 1 atom stereocenters. The standard InChI is InChI=1S/C13H15Cl2N3S/c1-8-17-12(7-19-8)6-11(18-16)4-9-2-3-10(14)5-13(9)15/h2-3,5,7,11,18H,4,6,16H2,1H3. The van der Waals surface area contributed by atoms with E-state index in [1.807, 2.05) is 19.1 Å². The van der Waals surface area contributed by atoms with Gasteiger partial charge in [-0.15, -0.1) is 11.3 Å². The number of aromatic nitrogens is 1. The van der Waals surface area contributed by atoms with Gasteiger partial charge >= 0.3 is 0 Å². The van der Waals surface area contributed by atoms with E-state index in [2.05, 4.69) is 15.8 Å². The Labute approximate surface area is 126 Å². The second kappa shape index (κ2) is 6.68. The summed E-state index contributed by atoms with van der Waals surface area (Å²) < 4.78 is 0. The topological polar surface area (TPSA) is 50.9 Å². The Morgan fingerprint density at radius 1 is 1.37 bits per heavy atom. The van der Waals surface area contributed by atoms with Crippen LogP contribution >= 0.6 is 34.5 Å². The number of nitrogens with one attached hydrogen (secondary N) is 1. The van der Waals surface area contributed by atoms with E-state index in [0.717, 1.165) is 29.1 Å². The first kappa shape index (κ1) is 14.8. The SMILES string of the molecule is Cc1nc(CC(Cc2ccc(Cl)cc2Cl)NN)cs1. The van der Waals surface area contributed by atoms with Crippen molar-refractivity contribution in [2.24, 2.45) is 5.84 Å². The zero-order valence-corrected chi connectivity index (χ0v) is 12.8. The molecule has 0 saturated heterocycles. The molecule has 3 nitrogen and oxygen atoms in total. The molecule has 2 rings (SSSR count). The molecule has 3 N–H and O–H groups in total. The van der Waals surface area contributed by atoms with Gasteiger partial charge in [-0.3, -0.25) is 11.3 Å². The fourth-order valence-corrected chi connectivity index (χ4v) is 3.01. The molecule has 0 radical (unpaired) electrons. The fourth-order valence-electron chi connectivity index (χ4n) is 1.90. The predicted octanol–water partition coefficient (Wildman–Crippen LogP) is 3.38. The van der Waals surface area contributed by atoms with Crippen LogP contribution < -0.4 is 11.3 Å².